The first-order chi connectivity index (χ1) is 13.6. The van der Waals surface area contributed by atoms with E-state index in [2.05, 4.69) is 0 Å². The summed E-state index contributed by atoms with van der Waals surface area (Å²) in [6.45, 7) is 3.70. The number of esters is 1. The molecular weight excluding hydrogens is 388 g/mol. The van der Waals surface area contributed by atoms with Gasteiger partial charge in [-0.2, -0.15) is 0 Å². The molecule has 1 fully saturated rings. The summed E-state index contributed by atoms with van der Waals surface area (Å²) in [6.07, 6.45) is -3.06. The van der Waals surface area contributed by atoms with Gasteiger partial charge in [-0.3, -0.25) is 28.7 Å². The van der Waals surface area contributed by atoms with Gasteiger partial charge in [0.1, 0.15) is 12.7 Å². The molecule has 3 N–H and O–H groups in total. The minimum Gasteiger partial charge on any atom is -0.463 e. The maximum atomic E-state index is 12.7. The van der Waals surface area contributed by atoms with Gasteiger partial charge in [-0.15, -0.1) is 0 Å². The third-order valence-electron chi connectivity index (χ3n) is 4.98. The van der Waals surface area contributed by atoms with Gasteiger partial charge in [0.15, 0.2) is 23.4 Å². The largest absolute Gasteiger partial charge is 0.463 e. The second-order valence-corrected chi connectivity index (χ2v) is 6.62. The first-order valence-corrected chi connectivity index (χ1v) is 9.21. The van der Waals surface area contributed by atoms with Gasteiger partial charge in [0.2, 0.25) is 5.60 Å². The van der Waals surface area contributed by atoms with Crippen molar-refractivity contribution in [3.05, 3.63) is 33.1 Å². The van der Waals surface area contributed by atoms with Crippen molar-refractivity contribution in [2.24, 2.45) is 0 Å². The Bertz CT molecular complexity index is 920. The van der Waals surface area contributed by atoms with Crippen LogP contribution in [0.3, 0.4) is 0 Å². The molecule has 0 aromatic carbocycles. The molecule has 160 valence electrons. The number of hydrogen-bond acceptors (Lipinski definition) is 9. The van der Waals surface area contributed by atoms with Crippen molar-refractivity contribution < 1.29 is 34.1 Å². The van der Waals surface area contributed by atoms with Crippen LogP contribution in [-0.4, -0.2) is 61.2 Å². The van der Waals surface area contributed by atoms with E-state index >= 15 is 0 Å². The summed E-state index contributed by atoms with van der Waals surface area (Å²) in [5.74, 6) is -2.55. The molecule has 0 unspecified atom stereocenters. The number of ether oxygens (including phenoxy) is 2. The zero-order chi connectivity index (χ0) is 22.0. The van der Waals surface area contributed by atoms with Crippen molar-refractivity contribution in [1.82, 2.24) is 9.55 Å². The van der Waals surface area contributed by atoms with E-state index in [-0.39, 0.29) is 19.3 Å². The lowest BCUT2D eigenvalue weighted by Gasteiger charge is -2.38. The summed E-state index contributed by atoms with van der Waals surface area (Å²) >= 11 is 0. The molecule has 0 amide bonds. The smallest absolute Gasteiger partial charge is 0.330 e. The Kier molecular flexibility index (Phi) is 6.56. The first kappa shape index (κ1) is 22.7. The molecule has 1 saturated heterocycles. The lowest BCUT2D eigenvalue weighted by Crippen LogP contribution is -2.67. The average molecular weight is 412 g/mol. The Labute approximate surface area is 165 Å². The van der Waals surface area contributed by atoms with Crippen molar-refractivity contribution in [2.45, 2.75) is 63.6 Å². The maximum Gasteiger partial charge on any atom is 0.330 e. The van der Waals surface area contributed by atoms with E-state index in [1.54, 1.807) is 0 Å². The number of H-pyrrole nitrogens is 1. The minimum absolute atomic E-state index is 0.00778. The highest BCUT2D eigenvalue weighted by Gasteiger charge is 2.73. The van der Waals surface area contributed by atoms with Crippen LogP contribution in [0, 0.1) is 0 Å². The van der Waals surface area contributed by atoms with E-state index in [1.807, 2.05) is 4.98 Å². The van der Waals surface area contributed by atoms with Gasteiger partial charge >= 0.3 is 11.7 Å². The molecule has 1 aliphatic rings. The molecule has 0 saturated carbocycles. The van der Waals surface area contributed by atoms with E-state index in [0.29, 0.717) is 4.57 Å². The van der Waals surface area contributed by atoms with Crippen molar-refractivity contribution in [3.8, 4) is 0 Å². The summed E-state index contributed by atoms with van der Waals surface area (Å²) in [5, 5.41) is 22.6. The molecule has 0 radical (unpaired) electrons. The van der Waals surface area contributed by atoms with Gasteiger partial charge < -0.3 is 19.7 Å². The number of nitrogens with zero attached hydrogens (tertiary/aromatic N) is 1. The number of Topliss-reactive ketones (excluding diaryl/α,β-unsaturated/α-hetero) is 2. The van der Waals surface area contributed by atoms with Gasteiger partial charge in [-0.25, -0.2) is 4.79 Å². The number of aliphatic hydroxyl groups is 2. The van der Waals surface area contributed by atoms with Gasteiger partial charge in [0, 0.05) is 31.5 Å². The molecule has 1 aromatic heterocycles. The number of aromatic nitrogens is 2. The number of nitrogens with one attached hydrogen (secondary N) is 1. The van der Waals surface area contributed by atoms with Crippen LogP contribution in [0.15, 0.2) is 21.9 Å². The Balaban J connectivity index is 2.68. The van der Waals surface area contributed by atoms with Gasteiger partial charge in [-0.1, -0.05) is 20.8 Å². The summed E-state index contributed by atoms with van der Waals surface area (Å²) in [6, 6.07) is 0.951. The zero-order valence-electron chi connectivity index (χ0n) is 16.3. The number of carbonyl (C=O) groups excluding carboxylic acids is 3. The summed E-state index contributed by atoms with van der Waals surface area (Å²) < 4.78 is 11.2. The fourth-order valence-electron chi connectivity index (χ4n) is 3.38. The lowest BCUT2D eigenvalue weighted by atomic mass is 9.73. The normalized spacial score (nSPS) is 28.9. The Morgan fingerprint density at radius 2 is 1.69 bits per heavy atom. The Morgan fingerprint density at radius 3 is 2.21 bits per heavy atom. The van der Waals surface area contributed by atoms with E-state index in [0.717, 1.165) is 12.3 Å². The van der Waals surface area contributed by atoms with Crippen molar-refractivity contribution in [3.63, 3.8) is 0 Å². The lowest BCUT2D eigenvalue weighted by molar-refractivity contribution is -0.185. The quantitative estimate of drug-likeness (QED) is 0.445. The second-order valence-electron chi connectivity index (χ2n) is 6.62. The molecule has 11 nitrogen and oxygen atoms in total. The maximum absolute atomic E-state index is 12.7. The van der Waals surface area contributed by atoms with Crippen LogP contribution in [0.25, 0.3) is 0 Å². The second kappa shape index (κ2) is 8.39. The molecule has 1 aliphatic heterocycles. The zero-order valence-corrected chi connectivity index (χ0v) is 16.3. The van der Waals surface area contributed by atoms with E-state index in [1.165, 1.54) is 20.8 Å². The highest BCUT2D eigenvalue weighted by molar-refractivity contribution is 6.00. The van der Waals surface area contributed by atoms with Crippen molar-refractivity contribution in [1.29, 1.82) is 0 Å². The molecule has 4 atom stereocenters. The number of rotatable bonds is 8. The molecule has 11 heteroatoms. The number of carbonyl (C=O) groups is 3. The molecular formula is C18H24N2O9. The van der Waals surface area contributed by atoms with Gasteiger partial charge in [-0.05, 0) is 0 Å². The third kappa shape index (κ3) is 3.56. The highest BCUT2D eigenvalue weighted by Crippen LogP contribution is 2.47. The van der Waals surface area contributed by atoms with Crippen LogP contribution in [0.4, 0.5) is 0 Å². The monoisotopic (exact) mass is 412 g/mol. The predicted octanol–water partition coefficient (Wildman–Crippen LogP) is -1.19. The molecule has 29 heavy (non-hydrogen) atoms. The van der Waals surface area contributed by atoms with Crippen LogP contribution >= 0.6 is 0 Å². The third-order valence-corrected chi connectivity index (χ3v) is 4.98. The summed E-state index contributed by atoms with van der Waals surface area (Å²) in [5.41, 5.74) is -7.41. The molecule has 1 aromatic rings. The number of hydrogen-bond donors (Lipinski definition) is 3. The van der Waals surface area contributed by atoms with Crippen molar-refractivity contribution in [2.75, 3.05) is 6.61 Å². The molecule has 0 aliphatic carbocycles. The fraction of sp³-hybridized carbons (Fsp3) is 0.611. The summed E-state index contributed by atoms with van der Waals surface area (Å²) in [4.78, 5) is 62.5. The molecule has 2 rings (SSSR count). The molecule has 0 bridgehead atoms. The van der Waals surface area contributed by atoms with E-state index in [4.69, 9.17) is 9.47 Å². The van der Waals surface area contributed by atoms with Crippen LogP contribution in [0.2, 0.25) is 0 Å². The average Bonchev–Trinajstić information content (AvgIpc) is 2.94. The standard InChI is InChI=1S/C18H24N2O9/c1-4-10(21)17(26)12(9-28-14(24)6-3)29-15(18(17,27)11(22)5-2)20-8-7-13(23)19-16(20)25/h7-8,12,15,26-27H,4-6,9H2,1-3H3,(H,19,23,25)/t12-,15-,17-,18+/m1/s1. The highest BCUT2D eigenvalue weighted by atomic mass is 16.6. The molecule has 2 heterocycles. The van der Waals surface area contributed by atoms with Crippen molar-refractivity contribution >= 4 is 17.5 Å². The predicted molar refractivity (Wildman–Crippen MR) is 97.0 cm³/mol. The Hall–Kier alpha value is -2.63. The van der Waals surface area contributed by atoms with Crippen LogP contribution in [0.1, 0.15) is 46.3 Å². The first-order valence-electron chi connectivity index (χ1n) is 9.21. The number of aromatic amines is 1. The van der Waals surface area contributed by atoms with E-state index in [9.17, 15) is 34.2 Å². The van der Waals surface area contributed by atoms with Crippen LogP contribution in [-0.2, 0) is 23.9 Å². The van der Waals surface area contributed by atoms with Crippen LogP contribution < -0.4 is 11.2 Å². The fourth-order valence-corrected chi connectivity index (χ4v) is 3.38. The summed E-state index contributed by atoms with van der Waals surface area (Å²) in [7, 11) is 0. The molecule has 0 spiro atoms. The Morgan fingerprint density at radius 1 is 1.10 bits per heavy atom. The SMILES string of the molecule is CCC(=O)OC[C@H]1O[C@@H](n2ccc(=O)[nH]c2=O)[C@@](O)(C(=O)CC)[C@@]1(O)C(=O)CC. The minimum atomic E-state index is -2.86. The van der Waals surface area contributed by atoms with Crippen LogP contribution in [0.5, 0.6) is 0 Å². The number of ketones is 2. The topological polar surface area (TPSA) is 165 Å². The van der Waals surface area contributed by atoms with Gasteiger partial charge in [0.05, 0.1) is 0 Å². The van der Waals surface area contributed by atoms with Gasteiger partial charge in [0.25, 0.3) is 5.56 Å². The van der Waals surface area contributed by atoms with E-state index < -0.39 is 58.9 Å².